The van der Waals surface area contributed by atoms with Crippen LogP contribution in [0.1, 0.15) is 38.2 Å². The van der Waals surface area contributed by atoms with Crippen molar-refractivity contribution in [3.05, 3.63) is 76.8 Å². The molecule has 0 unspecified atom stereocenters. The summed E-state index contributed by atoms with van der Waals surface area (Å²) in [6.07, 6.45) is 4.03. The Labute approximate surface area is 227 Å². The molecule has 0 bridgehead atoms. The Morgan fingerprint density at radius 3 is 2.41 bits per heavy atom. The first-order valence-corrected chi connectivity index (χ1v) is 14.7. The van der Waals surface area contributed by atoms with E-state index in [9.17, 15) is 18.0 Å². The minimum atomic E-state index is -3.93. The molecule has 0 radical (unpaired) electrons. The third-order valence-electron chi connectivity index (χ3n) is 6.90. The van der Waals surface area contributed by atoms with Crippen LogP contribution >= 0.6 is 15.9 Å². The number of carbonyl (C=O) groups excluding carboxylic acids is 2. The van der Waals surface area contributed by atoms with E-state index in [0.717, 1.165) is 50.8 Å². The minimum absolute atomic E-state index is 0.118. The van der Waals surface area contributed by atoms with Crippen LogP contribution in [0.5, 0.6) is 0 Å². The van der Waals surface area contributed by atoms with Crippen molar-refractivity contribution in [3.63, 3.8) is 0 Å². The summed E-state index contributed by atoms with van der Waals surface area (Å²) in [4.78, 5) is 28.2. The number of fused-ring (bicyclic) bond motifs is 1. The Hall–Kier alpha value is -2.75. The highest BCUT2D eigenvalue weighted by atomic mass is 79.9. The van der Waals surface area contributed by atoms with Crippen molar-refractivity contribution in [1.29, 1.82) is 0 Å². The number of benzene rings is 3. The maximum absolute atomic E-state index is 13.5. The summed E-state index contributed by atoms with van der Waals surface area (Å²) < 4.78 is 28.6. The van der Waals surface area contributed by atoms with Crippen LogP contribution in [-0.4, -0.2) is 55.1 Å². The highest BCUT2D eigenvalue weighted by Gasteiger charge is 2.31. The van der Waals surface area contributed by atoms with Gasteiger partial charge in [0.25, 0.3) is 0 Å². The molecule has 4 rings (SSSR count). The molecule has 7 nitrogen and oxygen atoms in total. The molecule has 1 fully saturated rings. The van der Waals surface area contributed by atoms with Crippen molar-refractivity contribution in [2.45, 2.75) is 56.1 Å². The van der Waals surface area contributed by atoms with E-state index in [2.05, 4.69) is 21.2 Å². The second-order valence-electron chi connectivity index (χ2n) is 9.59. The molecule has 1 saturated carbocycles. The maximum atomic E-state index is 13.5. The lowest BCUT2D eigenvalue weighted by Crippen LogP contribution is -2.52. The minimum Gasteiger partial charge on any atom is -0.352 e. The van der Waals surface area contributed by atoms with E-state index in [1.807, 2.05) is 48.5 Å². The molecule has 3 aromatic carbocycles. The lowest BCUT2D eigenvalue weighted by Gasteiger charge is -2.31. The largest absolute Gasteiger partial charge is 0.352 e. The number of nitrogens with zero attached hydrogens (tertiary/aromatic N) is 2. The van der Waals surface area contributed by atoms with E-state index < -0.39 is 22.0 Å². The van der Waals surface area contributed by atoms with Crippen molar-refractivity contribution in [3.8, 4) is 0 Å². The number of carbonyl (C=O) groups is 2. The van der Waals surface area contributed by atoms with Crippen LogP contribution in [0.2, 0.25) is 0 Å². The van der Waals surface area contributed by atoms with E-state index >= 15 is 0 Å². The quantitative estimate of drug-likeness (QED) is 0.394. The van der Waals surface area contributed by atoms with Gasteiger partial charge >= 0.3 is 0 Å². The van der Waals surface area contributed by atoms with Gasteiger partial charge in [0.15, 0.2) is 0 Å². The average molecular weight is 587 g/mol. The van der Waals surface area contributed by atoms with E-state index in [1.165, 1.54) is 11.9 Å². The van der Waals surface area contributed by atoms with Crippen LogP contribution in [0.25, 0.3) is 10.8 Å². The molecule has 2 amide bonds. The second-order valence-corrected chi connectivity index (χ2v) is 12.5. The van der Waals surface area contributed by atoms with Gasteiger partial charge in [-0.15, -0.1) is 0 Å². The van der Waals surface area contributed by atoms with Crippen molar-refractivity contribution in [1.82, 2.24) is 14.5 Å². The average Bonchev–Trinajstić information content (AvgIpc) is 3.39. The molecule has 1 aliphatic carbocycles. The van der Waals surface area contributed by atoms with Crippen LogP contribution in [0.15, 0.2) is 76.1 Å². The molecule has 0 spiro atoms. The fourth-order valence-corrected chi connectivity index (χ4v) is 6.28. The Bertz CT molecular complexity index is 1390. The number of halogens is 1. The zero-order valence-corrected chi connectivity index (χ0v) is 23.5. The lowest BCUT2D eigenvalue weighted by molar-refractivity contribution is -0.140. The Morgan fingerprint density at radius 1 is 1.00 bits per heavy atom. The fraction of sp³-hybridized carbons (Fsp3) is 0.357. The van der Waals surface area contributed by atoms with E-state index in [0.29, 0.717) is 0 Å². The summed E-state index contributed by atoms with van der Waals surface area (Å²) in [7, 11) is -2.53. The molecular formula is C28H32BrN3O4S. The normalized spacial score (nSPS) is 15.1. The summed E-state index contributed by atoms with van der Waals surface area (Å²) in [5.41, 5.74) is 0.836. The lowest BCUT2D eigenvalue weighted by atomic mass is 10.1. The zero-order valence-electron chi connectivity index (χ0n) is 21.1. The molecule has 0 aromatic heterocycles. The Morgan fingerprint density at radius 2 is 1.70 bits per heavy atom. The molecule has 0 heterocycles. The number of likely N-dealkylation sites (N-methyl/N-ethyl adjacent to an activating group) is 1. The van der Waals surface area contributed by atoms with Crippen molar-refractivity contribution < 1.29 is 18.0 Å². The van der Waals surface area contributed by atoms with Crippen LogP contribution in [0.3, 0.4) is 0 Å². The van der Waals surface area contributed by atoms with Gasteiger partial charge in [-0.05, 0) is 60.4 Å². The molecule has 9 heteroatoms. The standard InChI is InChI=1S/C28H32BrN3O4S/c1-20(28(34)30-25-12-5-6-13-25)32(18-21-8-7-11-24(29)16-21)27(33)19-31(2)37(35,36)26-15-14-22-9-3-4-10-23(22)17-26/h3-4,7-11,14-17,20,25H,5-6,12-13,18-19H2,1-2H3,(H,30,34)/t20-/m0/s1. The van der Waals surface area contributed by atoms with Gasteiger partial charge in [0.1, 0.15) is 6.04 Å². The number of sulfonamides is 1. The third kappa shape index (κ3) is 6.58. The summed E-state index contributed by atoms with van der Waals surface area (Å²) >= 11 is 3.45. The van der Waals surface area contributed by atoms with Crippen LogP contribution < -0.4 is 5.32 Å². The molecular weight excluding hydrogens is 554 g/mol. The molecule has 1 aliphatic rings. The predicted molar refractivity (Wildman–Crippen MR) is 148 cm³/mol. The summed E-state index contributed by atoms with van der Waals surface area (Å²) in [6.45, 7) is 1.49. The second kappa shape index (κ2) is 11.8. The third-order valence-corrected chi connectivity index (χ3v) is 9.19. The smallest absolute Gasteiger partial charge is 0.243 e. The molecule has 1 N–H and O–H groups in total. The summed E-state index contributed by atoms with van der Waals surface area (Å²) in [6, 6.07) is 19.3. The SMILES string of the molecule is C[C@@H](C(=O)NC1CCCC1)N(Cc1cccc(Br)c1)C(=O)CN(C)S(=O)(=O)c1ccc2ccccc2c1. The van der Waals surface area contributed by atoms with Crippen molar-refractivity contribution in [2.75, 3.05) is 13.6 Å². The van der Waals surface area contributed by atoms with Crippen molar-refractivity contribution in [2.24, 2.45) is 0 Å². The maximum Gasteiger partial charge on any atom is 0.243 e. The van der Waals surface area contributed by atoms with Crippen molar-refractivity contribution >= 4 is 48.5 Å². The molecule has 1 atom stereocenters. The summed E-state index contributed by atoms with van der Waals surface area (Å²) in [5, 5.41) is 4.80. The van der Waals surface area contributed by atoms with Crippen LogP contribution in [-0.2, 0) is 26.2 Å². The number of nitrogens with one attached hydrogen (secondary N) is 1. The monoisotopic (exact) mass is 585 g/mol. The molecule has 37 heavy (non-hydrogen) atoms. The first kappa shape index (κ1) is 27.3. The van der Waals surface area contributed by atoms with Gasteiger partial charge in [0, 0.05) is 24.1 Å². The van der Waals surface area contributed by atoms with Gasteiger partial charge in [-0.3, -0.25) is 9.59 Å². The van der Waals surface area contributed by atoms with Gasteiger partial charge < -0.3 is 10.2 Å². The van der Waals surface area contributed by atoms with Gasteiger partial charge in [-0.1, -0.05) is 71.2 Å². The number of rotatable bonds is 9. The van der Waals surface area contributed by atoms with Gasteiger partial charge in [0.05, 0.1) is 11.4 Å². The highest BCUT2D eigenvalue weighted by molar-refractivity contribution is 9.10. The molecule has 3 aromatic rings. The first-order chi connectivity index (χ1) is 17.6. The van der Waals surface area contributed by atoms with Gasteiger partial charge in [0.2, 0.25) is 21.8 Å². The number of hydrogen-bond donors (Lipinski definition) is 1. The van der Waals surface area contributed by atoms with Crippen LogP contribution in [0.4, 0.5) is 0 Å². The Kier molecular flexibility index (Phi) is 8.67. The zero-order chi connectivity index (χ0) is 26.6. The first-order valence-electron chi connectivity index (χ1n) is 12.4. The van der Waals surface area contributed by atoms with Gasteiger partial charge in [-0.25, -0.2) is 8.42 Å². The number of hydrogen-bond acceptors (Lipinski definition) is 4. The molecule has 0 saturated heterocycles. The summed E-state index contributed by atoms with van der Waals surface area (Å²) in [5.74, 6) is -0.670. The van der Waals surface area contributed by atoms with Crippen LogP contribution in [0, 0.1) is 0 Å². The Balaban J connectivity index is 1.54. The van der Waals surface area contributed by atoms with E-state index in [1.54, 1.807) is 25.1 Å². The van der Waals surface area contributed by atoms with E-state index in [-0.39, 0.29) is 29.9 Å². The predicted octanol–water partition coefficient (Wildman–Crippen LogP) is 4.70. The van der Waals surface area contributed by atoms with E-state index in [4.69, 9.17) is 0 Å². The number of amides is 2. The highest BCUT2D eigenvalue weighted by Crippen LogP contribution is 2.23. The van der Waals surface area contributed by atoms with Gasteiger partial charge in [-0.2, -0.15) is 4.31 Å². The molecule has 196 valence electrons. The molecule has 0 aliphatic heterocycles. The topological polar surface area (TPSA) is 86.8 Å². The fourth-order valence-electron chi connectivity index (χ4n) is 4.68.